The summed E-state index contributed by atoms with van der Waals surface area (Å²) in [6.45, 7) is 5.72. The zero-order valence-corrected chi connectivity index (χ0v) is 9.90. The van der Waals surface area contributed by atoms with Gasteiger partial charge in [0.25, 0.3) is 0 Å². The summed E-state index contributed by atoms with van der Waals surface area (Å²) < 4.78 is 7.59. The van der Waals surface area contributed by atoms with Crippen LogP contribution in [0, 0.1) is 0 Å². The highest BCUT2D eigenvalue weighted by Crippen LogP contribution is 2.44. The maximum atomic E-state index is 11.9. The molecule has 1 aromatic heterocycles. The summed E-state index contributed by atoms with van der Waals surface area (Å²) in [7, 11) is 0. The summed E-state index contributed by atoms with van der Waals surface area (Å²) in [5, 5.41) is 2.10. The Morgan fingerprint density at radius 1 is 1.53 bits per heavy atom. The first kappa shape index (κ1) is 10.4. The van der Waals surface area contributed by atoms with Gasteiger partial charge in [-0.2, -0.15) is 0 Å². The van der Waals surface area contributed by atoms with E-state index in [1.165, 1.54) is 0 Å². The third kappa shape index (κ3) is 1.19. The van der Waals surface area contributed by atoms with E-state index < -0.39 is 5.72 Å². The standard InChI is InChI=1S/C14H15NO2/c1-3-6-11-10(4-2)9-12-13(16)17-14(15(11)12)7-5-8-14/h3-4,6,9H,1,5,7-8H2,2H3/b10-4-,11-6+. The zero-order chi connectivity index (χ0) is 12.0. The van der Waals surface area contributed by atoms with Crippen LogP contribution in [0.4, 0.5) is 0 Å². The van der Waals surface area contributed by atoms with Crippen LogP contribution in [0.15, 0.2) is 18.7 Å². The monoisotopic (exact) mass is 229 g/mol. The Hall–Kier alpha value is -1.77. The molecule has 1 aromatic rings. The van der Waals surface area contributed by atoms with E-state index in [0.29, 0.717) is 5.69 Å². The van der Waals surface area contributed by atoms with Crippen LogP contribution in [0.3, 0.4) is 0 Å². The summed E-state index contributed by atoms with van der Waals surface area (Å²) in [4.78, 5) is 11.9. The molecule has 0 N–H and O–H groups in total. The quantitative estimate of drug-likeness (QED) is 0.679. The van der Waals surface area contributed by atoms with Gasteiger partial charge in [-0.15, -0.1) is 0 Å². The molecule has 1 aliphatic heterocycles. The van der Waals surface area contributed by atoms with E-state index >= 15 is 0 Å². The third-order valence-corrected chi connectivity index (χ3v) is 3.69. The number of aromatic nitrogens is 1. The van der Waals surface area contributed by atoms with E-state index in [2.05, 4.69) is 11.1 Å². The molecule has 0 saturated heterocycles. The molecule has 3 rings (SSSR count). The predicted octanol–water partition coefficient (Wildman–Crippen LogP) is 1.26. The molecule has 3 nitrogen and oxygen atoms in total. The van der Waals surface area contributed by atoms with Crippen molar-refractivity contribution in [2.75, 3.05) is 0 Å². The third-order valence-electron chi connectivity index (χ3n) is 3.69. The average Bonchev–Trinajstić information content (AvgIpc) is 2.76. The summed E-state index contributed by atoms with van der Waals surface area (Å²) >= 11 is 0. The number of rotatable bonds is 1. The molecule has 88 valence electrons. The Morgan fingerprint density at radius 2 is 2.29 bits per heavy atom. The highest BCUT2D eigenvalue weighted by Gasteiger charge is 2.50. The molecule has 0 atom stereocenters. The highest BCUT2D eigenvalue weighted by atomic mass is 16.6. The molecule has 2 aliphatic rings. The molecule has 1 saturated carbocycles. The Balaban J connectivity index is 2.38. The highest BCUT2D eigenvalue weighted by molar-refractivity contribution is 5.90. The van der Waals surface area contributed by atoms with Gasteiger partial charge in [0.2, 0.25) is 0 Å². The fourth-order valence-corrected chi connectivity index (χ4v) is 2.72. The molecule has 1 aliphatic carbocycles. The summed E-state index contributed by atoms with van der Waals surface area (Å²) in [6.07, 6.45) is 8.67. The van der Waals surface area contributed by atoms with E-state index in [1.807, 2.05) is 25.1 Å². The topological polar surface area (TPSA) is 31.2 Å². The van der Waals surface area contributed by atoms with Crippen LogP contribution in [0.5, 0.6) is 0 Å². The van der Waals surface area contributed by atoms with Crippen molar-refractivity contribution >= 4 is 18.1 Å². The van der Waals surface area contributed by atoms with Gasteiger partial charge in [0.05, 0.1) is 5.35 Å². The minimum absolute atomic E-state index is 0.198. The molecule has 17 heavy (non-hydrogen) atoms. The first-order valence-electron chi connectivity index (χ1n) is 5.96. The van der Waals surface area contributed by atoms with Crippen molar-refractivity contribution in [1.82, 2.24) is 4.57 Å². The van der Waals surface area contributed by atoms with Gasteiger partial charge in [0.1, 0.15) is 5.69 Å². The van der Waals surface area contributed by atoms with Crippen LogP contribution in [-0.2, 0) is 10.5 Å². The molecule has 3 heteroatoms. The van der Waals surface area contributed by atoms with Crippen LogP contribution in [0.1, 0.15) is 36.7 Å². The lowest BCUT2D eigenvalue weighted by molar-refractivity contribution is -0.1000. The van der Waals surface area contributed by atoms with Gasteiger partial charge in [-0.3, -0.25) is 4.57 Å². The first-order chi connectivity index (χ1) is 8.22. The van der Waals surface area contributed by atoms with Gasteiger partial charge in [-0.25, -0.2) is 4.79 Å². The van der Waals surface area contributed by atoms with Gasteiger partial charge in [0.15, 0.2) is 5.72 Å². The molecular weight excluding hydrogens is 214 g/mol. The zero-order valence-electron chi connectivity index (χ0n) is 9.90. The van der Waals surface area contributed by atoms with E-state index in [1.54, 1.807) is 6.08 Å². The number of carbonyl (C=O) groups excluding carboxylic acids is 1. The normalized spacial score (nSPS) is 22.5. The van der Waals surface area contributed by atoms with Crippen molar-refractivity contribution < 1.29 is 9.53 Å². The fourth-order valence-electron chi connectivity index (χ4n) is 2.72. The molecule has 0 radical (unpaired) electrons. The maximum absolute atomic E-state index is 11.9. The number of allylic oxidation sites excluding steroid dienone is 1. The van der Waals surface area contributed by atoms with Crippen LogP contribution < -0.4 is 10.6 Å². The second kappa shape index (κ2) is 3.36. The van der Waals surface area contributed by atoms with E-state index in [-0.39, 0.29) is 5.97 Å². The number of nitrogens with zero attached hydrogens (tertiary/aromatic N) is 1. The van der Waals surface area contributed by atoms with Gasteiger partial charge < -0.3 is 4.74 Å². The number of fused-ring (bicyclic) bond motifs is 2. The molecule has 0 bridgehead atoms. The van der Waals surface area contributed by atoms with E-state index in [9.17, 15) is 4.79 Å². The predicted molar refractivity (Wildman–Crippen MR) is 65.7 cm³/mol. The number of carbonyl (C=O) groups is 1. The molecular formula is C14H15NO2. The molecule has 2 heterocycles. The lowest BCUT2D eigenvalue weighted by Gasteiger charge is -2.38. The molecule has 1 spiro atoms. The summed E-state index contributed by atoms with van der Waals surface area (Å²) in [6, 6.07) is 1.91. The Bertz CT molecular complexity index is 617. The largest absolute Gasteiger partial charge is 0.434 e. The summed E-state index contributed by atoms with van der Waals surface area (Å²) in [5.41, 5.74) is 0.272. The molecule has 0 aromatic carbocycles. The van der Waals surface area contributed by atoms with Crippen molar-refractivity contribution in [3.63, 3.8) is 0 Å². The molecule has 0 amide bonds. The van der Waals surface area contributed by atoms with Gasteiger partial charge in [-0.1, -0.05) is 18.7 Å². The van der Waals surface area contributed by atoms with E-state index in [4.69, 9.17) is 4.74 Å². The van der Waals surface area contributed by atoms with Crippen molar-refractivity contribution in [3.8, 4) is 0 Å². The lowest BCUT2D eigenvalue weighted by Crippen LogP contribution is -2.47. The Labute approximate surface area is 99.7 Å². The van der Waals surface area contributed by atoms with Crippen LogP contribution >= 0.6 is 0 Å². The first-order valence-corrected chi connectivity index (χ1v) is 5.96. The smallest absolute Gasteiger partial charge is 0.357 e. The second-order valence-electron chi connectivity index (χ2n) is 4.59. The maximum Gasteiger partial charge on any atom is 0.357 e. The molecule has 1 fully saturated rings. The van der Waals surface area contributed by atoms with Crippen molar-refractivity contribution in [1.29, 1.82) is 0 Å². The van der Waals surface area contributed by atoms with Gasteiger partial charge in [-0.05, 0) is 30.7 Å². The Kier molecular flexibility index (Phi) is 2.05. The second-order valence-corrected chi connectivity index (χ2v) is 4.59. The van der Waals surface area contributed by atoms with Crippen LogP contribution in [0.2, 0.25) is 0 Å². The van der Waals surface area contributed by atoms with Gasteiger partial charge in [0, 0.05) is 12.8 Å². The van der Waals surface area contributed by atoms with Crippen molar-refractivity contribution in [2.24, 2.45) is 0 Å². The van der Waals surface area contributed by atoms with Crippen LogP contribution in [-0.4, -0.2) is 10.5 Å². The lowest BCUT2D eigenvalue weighted by atomic mass is 9.88. The van der Waals surface area contributed by atoms with E-state index in [0.717, 1.165) is 29.8 Å². The fraction of sp³-hybridized carbons (Fsp3) is 0.357. The number of ether oxygens (including phenoxy) is 1. The SMILES string of the molecule is C=C/C=c1\c(=C/C)cc2n1C1(CCC1)OC2=O. The number of hydrogen-bond donors (Lipinski definition) is 0. The molecule has 0 unspecified atom stereocenters. The minimum Gasteiger partial charge on any atom is -0.434 e. The van der Waals surface area contributed by atoms with Crippen molar-refractivity contribution in [3.05, 3.63) is 35.0 Å². The number of hydrogen-bond acceptors (Lipinski definition) is 2. The Morgan fingerprint density at radius 3 is 2.82 bits per heavy atom. The van der Waals surface area contributed by atoms with Crippen LogP contribution in [0.25, 0.3) is 12.2 Å². The number of esters is 1. The average molecular weight is 229 g/mol. The van der Waals surface area contributed by atoms with Crippen molar-refractivity contribution in [2.45, 2.75) is 31.9 Å². The minimum atomic E-state index is -0.400. The summed E-state index contributed by atoms with van der Waals surface area (Å²) in [5.74, 6) is -0.198. The van der Waals surface area contributed by atoms with Gasteiger partial charge >= 0.3 is 5.97 Å².